The van der Waals surface area contributed by atoms with Gasteiger partial charge in [-0.15, -0.1) is 0 Å². The molecule has 2 N–H and O–H groups in total. The molecule has 6 nitrogen and oxygen atoms in total. The van der Waals surface area contributed by atoms with Gasteiger partial charge in [0.2, 0.25) is 5.91 Å². The van der Waals surface area contributed by atoms with Crippen molar-refractivity contribution in [2.45, 2.75) is 13.0 Å². The van der Waals surface area contributed by atoms with Crippen LogP contribution in [0.3, 0.4) is 0 Å². The lowest BCUT2D eigenvalue weighted by Crippen LogP contribution is -2.33. The number of nitrogens with zero attached hydrogens (tertiary/aromatic N) is 1. The van der Waals surface area contributed by atoms with Gasteiger partial charge in [-0.25, -0.2) is 0 Å². The van der Waals surface area contributed by atoms with Gasteiger partial charge in [0.05, 0.1) is 13.5 Å². The quantitative estimate of drug-likeness (QED) is 0.590. The van der Waals surface area contributed by atoms with Crippen LogP contribution in [0.15, 0.2) is 66.4 Å². The van der Waals surface area contributed by atoms with E-state index in [1.165, 1.54) is 6.20 Å². The Morgan fingerprint density at radius 2 is 1.77 bits per heavy atom. The summed E-state index contributed by atoms with van der Waals surface area (Å²) < 4.78 is 5.08. The van der Waals surface area contributed by atoms with Gasteiger partial charge in [0, 0.05) is 12.7 Å². The van der Waals surface area contributed by atoms with Crippen LogP contribution in [0.25, 0.3) is 0 Å². The van der Waals surface area contributed by atoms with E-state index in [0.29, 0.717) is 6.54 Å². The normalized spacial score (nSPS) is 10.5. The van der Waals surface area contributed by atoms with Gasteiger partial charge in [0.25, 0.3) is 5.91 Å². The molecule has 2 rings (SSSR count). The Morgan fingerprint density at radius 1 is 1.08 bits per heavy atom. The van der Waals surface area contributed by atoms with E-state index in [0.717, 1.165) is 16.9 Å². The second kappa shape index (κ2) is 9.64. The molecule has 132 valence electrons. The first-order valence-electron chi connectivity index (χ1n) is 7.97. The van der Waals surface area contributed by atoms with Crippen molar-refractivity contribution in [2.24, 2.45) is 0 Å². The molecule has 2 aromatic rings. The van der Waals surface area contributed by atoms with Crippen molar-refractivity contribution in [3.63, 3.8) is 0 Å². The van der Waals surface area contributed by atoms with E-state index in [2.05, 4.69) is 10.6 Å². The number of ether oxygens (including phenoxy) is 1. The first kappa shape index (κ1) is 18.7. The Kier molecular flexibility index (Phi) is 6.95. The third kappa shape index (κ3) is 5.80. The summed E-state index contributed by atoms with van der Waals surface area (Å²) in [5.41, 5.74) is 1.58. The van der Waals surface area contributed by atoms with Gasteiger partial charge in [-0.05, 0) is 23.3 Å². The maximum absolute atomic E-state index is 12.0. The van der Waals surface area contributed by atoms with Crippen molar-refractivity contribution in [1.29, 1.82) is 5.26 Å². The highest BCUT2D eigenvalue weighted by Gasteiger charge is 2.13. The van der Waals surface area contributed by atoms with Crippen LogP contribution in [0, 0.1) is 11.3 Å². The predicted octanol–water partition coefficient (Wildman–Crippen LogP) is 2.08. The number of hydrogen-bond donors (Lipinski definition) is 2. The minimum Gasteiger partial charge on any atom is -0.497 e. The fourth-order valence-corrected chi connectivity index (χ4v) is 2.18. The number of carbonyl (C=O) groups excluding carboxylic acids is 2. The molecule has 0 aliphatic heterocycles. The lowest BCUT2D eigenvalue weighted by atomic mass is 10.1. The highest BCUT2D eigenvalue weighted by atomic mass is 16.5. The summed E-state index contributed by atoms with van der Waals surface area (Å²) in [4.78, 5) is 23.9. The second-order valence-electron chi connectivity index (χ2n) is 5.44. The molecule has 0 aliphatic rings. The number of nitriles is 1. The monoisotopic (exact) mass is 349 g/mol. The van der Waals surface area contributed by atoms with Crippen molar-refractivity contribution in [3.05, 3.63) is 77.5 Å². The van der Waals surface area contributed by atoms with Crippen LogP contribution in [0.5, 0.6) is 5.75 Å². The molecule has 0 aliphatic carbocycles. The highest BCUT2D eigenvalue weighted by molar-refractivity contribution is 6.06. The van der Waals surface area contributed by atoms with Crippen LogP contribution in [0.4, 0.5) is 0 Å². The third-order valence-electron chi connectivity index (χ3n) is 3.54. The molecule has 2 aromatic carbocycles. The van der Waals surface area contributed by atoms with E-state index in [9.17, 15) is 9.59 Å². The molecule has 2 amide bonds. The summed E-state index contributed by atoms with van der Waals surface area (Å²) in [7, 11) is 1.59. The molecule has 0 aromatic heterocycles. The lowest BCUT2D eigenvalue weighted by molar-refractivity contribution is -0.127. The molecule has 0 fully saturated rings. The molecule has 0 saturated carbocycles. The number of hydrogen-bond acceptors (Lipinski definition) is 5. The Bertz CT molecular complexity index is 822. The zero-order valence-electron chi connectivity index (χ0n) is 14.4. The maximum Gasteiger partial charge on any atom is 0.269 e. The van der Waals surface area contributed by atoms with Gasteiger partial charge in [0.1, 0.15) is 17.4 Å². The Morgan fingerprint density at radius 3 is 2.38 bits per heavy atom. The first-order valence-corrected chi connectivity index (χ1v) is 7.97. The molecule has 0 saturated heterocycles. The third-order valence-corrected chi connectivity index (χ3v) is 3.54. The van der Waals surface area contributed by atoms with Crippen molar-refractivity contribution in [3.8, 4) is 11.8 Å². The zero-order valence-corrected chi connectivity index (χ0v) is 14.4. The van der Waals surface area contributed by atoms with Gasteiger partial charge < -0.3 is 10.1 Å². The van der Waals surface area contributed by atoms with E-state index in [-0.39, 0.29) is 12.0 Å². The summed E-state index contributed by atoms with van der Waals surface area (Å²) in [6.07, 6.45) is 1.37. The SMILES string of the molecule is COc1ccc(CN/C=C(\C#N)C(=O)NC(=O)Cc2ccccc2)cc1. The summed E-state index contributed by atoms with van der Waals surface area (Å²) in [5.74, 6) is -0.438. The van der Waals surface area contributed by atoms with Crippen LogP contribution >= 0.6 is 0 Å². The van der Waals surface area contributed by atoms with Crippen LogP contribution in [0.2, 0.25) is 0 Å². The van der Waals surface area contributed by atoms with E-state index < -0.39 is 11.8 Å². The molecule has 0 unspecified atom stereocenters. The van der Waals surface area contributed by atoms with E-state index in [1.807, 2.05) is 42.5 Å². The zero-order chi connectivity index (χ0) is 18.8. The van der Waals surface area contributed by atoms with Gasteiger partial charge in [-0.2, -0.15) is 5.26 Å². The summed E-state index contributed by atoms with van der Waals surface area (Å²) in [6, 6.07) is 18.2. The maximum atomic E-state index is 12.0. The van der Waals surface area contributed by atoms with Gasteiger partial charge >= 0.3 is 0 Å². The number of amides is 2. The van der Waals surface area contributed by atoms with E-state index >= 15 is 0 Å². The smallest absolute Gasteiger partial charge is 0.269 e. The van der Waals surface area contributed by atoms with E-state index in [1.54, 1.807) is 25.3 Å². The molecular weight excluding hydrogens is 330 g/mol. The van der Waals surface area contributed by atoms with Crippen molar-refractivity contribution < 1.29 is 14.3 Å². The van der Waals surface area contributed by atoms with E-state index in [4.69, 9.17) is 10.00 Å². The minimum absolute atomic E-state index is 0.0740. The molecule has 0 bridgehead atoms. The standard InChI is InChI=1S/C20H19N3O3/c1-26-18-9-7-16(8-10-18)13-22-14-17(12-21)20(25)23-19(24)11-15-5-3-2-4-6-15/h2-10,14,22H,11,13H2,1H3,(H,23,24,25)/b17-14+. The van der Waals surface area contributed by atoms with Gasteiger partial charge in [0.15, 0.2) is 0 Å². The lowest BCUT2D eigenvalue weighted by Gasteiger charge is -2.05. The summed E-state index contributed by atoms with van der Waals surface area (Å²) in [6.45, 7) is 0.431. The predicted molar refractivity (Wildman–Crippen MR) is 96.8 cm³/mol. The fourth-order valence-electron chi connectivity index (χ4n) is 2.18. The Labute approximate surface area is 152 Å². The van der Waals surface area contributed by atoms with Crippen LogP contribution in [-0.2, 0) is 22.6 Å². The molecule has 0 atom stereocenters. The average Bonchev–Trinajstić information content (AvgIpc) is 2.66. The summed E-state index contributed by atoms with van der Waals surface area (Å²) >= 11 is 0. The molecule has 0 radical (unpaired) electrons. The largest absolute Gasteiger partial charge is 0.497 e. The number of rotatable bonds is 7. The van der Waals surface area contributed by atoms with Crippen LogP contribution < -0.4 is 15.4 Å². The highest BCUT2D eigenvalue weighted by Crippen LogP contribution is 2.11. The molecule has 0 heterocycles. The topological polar surface area (TPSA) is 91.2 Å². The minimum atomic E-state index is -0.726. The Balaban J connectivity index is 1.87. The number of imide groups is 1. The van der Waals surface area contributed by atoms with Crippen molar-refractivity contribution >= 4 is 11.8 Å². The van der Waals surface area contributed by atoms with Gasteiger partial charge in [-0.1, -0.05) is 42.5 Å². The number of carbonyl (C=O) groups is 2. The van der Waals surface area contributed by atoms with Gasteiger partial charge in [-0.3, -0.25) is 14.9 Å². The number of methoxy groups -OCH3 is 1. The summed E-state index contributed by atoms with van der Waals surface area (Å²) in [5, 5.41) is 14.2. The number of benzene rings is 2. The molecule has 0 spiro atoms. The Hall–Kier alpha value is -3.59. The molecule has 26 heavy (non-hydrogen) atoms. The first-order chi connectivity index (χ1) is 12.6. The average molecular weight is 349 g/mol. The van der Waals surface area contributed by atoms with Crippen LogP contribution in [0.1, 0.15) is 11.1 Å². The van der Waals surface area contributed by atoms with Crippen LogP contribution in [-0.4, -0.2) is 18.9 Å². The number of nitrogens with one attached hydrogen (secondary N) is 2. The fraction of sp³-hybridized carbons (Fsp3) is 0.150. The molecular formula is C20H19N3O3. The molecule has 6 heteroatoms. The van der Waals surface area contributed by atoms with Crippen molar-refractivity contribution in [2.75, 3.05) is 7.11 Å². The van der Waals surface area contributed by atoms with Crippen molar-refractivity contribution in [1.82, 2.24) is 10.6 Å². The second-order valence-corrected chi connectivity index (χ2v) is 5.44.